The number of carbonyl (C=O) groups is 1. The molecule has 1 aromatic carbocycles. The maximum atomic E-state index is 13.5. The molecular weight excluding hydrogens is 207 g/mol. The van der Waals surface area contributed by atoms with Crippen molar-refractivity contribution in [2.75, 3.05) is 0 Å². The fourth-order valence-corrected chi connectivity index (χ4v) is 1.37. The van der Waals surface area contributed by atoms with Crippen molar-refractivity contribution in [1.82, 2.24) is 9.97 Å². The molecule has 0 bridgehead atoms. The highest BCUT2D eigenvalue weighted by Crippen LogP contribution is 2.22. The highest BCUT2D eigenvalue weighted by molar-refractivity contribution is 5.78. The number of carbonyl (C=O) groups excluding carboxylic acids is 1. The Morgan fingerprint density at radius 3 is 2.56 bits per heavy atom. The van der Waals surface area contributed by atoms with Crippen LogP contribution in [-0.4, -0.2) is 16.3 Å². The van der Waals surface area contributed by atoms with E-state index in [2.05, 4.69) is 9.97 Å². The lowest BCUT2D eigenvalue weighted by molar-refractivity contribution is 0.112. The molecule has 0 fully saturated rings. The standard InChI is InChI=1S/C12H9FN2O/c1-8-14-5-10(6-15-8)11-4-9(7-16)2-3-12(11)13/h2-7H,1H3. The van der Waals surface area contributed by atoms with Gasteiger partial charge in [-0.3, -0.25) is 4.79 Å². The smallest absolute Gasteiger partial charge is 0.150 e. The number of benzene rings is 1. The first kappa shape index (κ1) is 10.4. The van der Waals surface area contributed by atoms with E-state index in [-0.39, 0.29) is 0 Å². The Balaban J connectivity index is 2.54. The second-order valence-corrected chi connectivity index (χ2v) is 3.38. The first-order chi connectivity index (χ1) is 7.70. The third-order valence-corrected chi connectivity index (χ3v) is 2.22. The van der Waals surface area contributed by atoms with Gasteiger partial charge in [0.2, 0.25) is 0 Å². The first-order valence-electron chi connectivity index (χ1n) is 4.74. The van der Waals surface area contributed by atoms with Crippen LogP contribution in [0.25, 0.3) is 11.1 Å². The highest BCUT2D eigenvalue weighted by atomic mass is 19.1. The Hall–Kier alpha value is -2.10. The predicted octanol–water partition coefficient (Wildman–Crippen LogP) is 2.40. The molecule has 4 heteroatoms. The van der Waals surface area contributed by atoms with E-state index in [1.807, 2.05) is 0 Å². The summed E-state index contributed by atoms with van der Waals surface area (Å²) in [5, 5.41) is 0. The third-order valence-electron chi connectivity index (χ3n) is 2.22. The van der Waals surface area contributed by atoms with Gasteiger partial charge in [-0.15, -0.1) is 0 Å². The van der Waals surface area contributed by atoms with E-state index >= 15 is 0 Å². The lowest BCUT2D eigenvalue weighted by Crippen LogP contribution is -1.91. The van der Waals surface area contributed by atoms with Gasteiger partial charge in [0.1, 0.15) is 17.9 Å². The zero-order chi connectivity index (χ0) is 11.5. The van der Waals surface area contributed by atoms with Crippen molar-refractivity contribution in [1.29, 1.82) is 0 Å². The van der Waals surface area contributed by atoms with E-state index in [4.69, 9.17) is 0 Å². The average molecular weight is 216 g/mol. The topological polar surface area (TPSA) is 42.9 Å². The van der Waals surface area contributed by atoms with Crippen molar-refractivity contribution < 1.29 is 9.18 Å². The van der Waals surface area contributed by atoms with Crippen molar-refractivity contribution in [2.24, 2.45) is 0 Å². The Morgan fingerprint density at radius 1 is 1.25 bits per heavy atom. The molecule has 0 unspecified atom stereocenters. The van der Waals surface area contributed by atoms with Gasteiger partial charge >= 0.3 is 0 Å². The van der Waals surface area contributed by atoms with Crippen molar-refractivity contribution in [3.05, 3.63) is 47.8 Å². The molecule has 0 saturated carbocycles. The number of halogens is 1. The Labute approximate surface area is 92.0 Å². The van der Waals surface area contributed by atoms with Crippen LogP contribution in [0.3, 0.4) is 0 Å². The monoisotopic (exact) mass is 216 g/mol. The molecule has 0 radical (unpaired) electrons. The average Bonchev–Trinajstić information content (AvgIpc) is 2.31. The molecule has 2 aromatic rings. The van der Waals surface area contributed by atoms with Gasteiger partial charge < -0.3 is 0 Å². The van der Waals surface area contributed by atoms with Crippen LogP contribution < -0.4 is 0 Å². The molecule has 0 aliphatic rings. The van der Waals surface area contributed by atoms with E-state index < -0.39 is 5.82 Å². The molecule has 0 aliphatic heterocycles. The van der Waals surface area contributed by atoms with Gasteiger partial charge in [-0.1, -0.05) is 0 Å². The maximum Gasteiger partial charge on any atom is 0.150 e. The first-order valence-corrected chi connectivity index (χ1v) is 4.74. The van der Waals surface area contributed by atoms with E-state index in [9.17, 15) is 9.18 Å². The number of hydrogen-bond acceptors (Lipinski definition) is 3. The molecular formula is C12H9FN2O. The molecule has 0 spiro atoms. The third kappa shape index (κ3) is 1.95. The molecule has 0 aliphatic carbocycles. The molecule has 3 nitrogen and oxygen atoms in total. The summed E-state index contributed by atoms with van der Waals surface area (Å²) in [4.78, 5) is 18.6. The highest BCUT2D eigenvalue weighted by Gasteiger charge is 2.06. The number of nitrogens with zero attached hydrogens (tertiary/aromatic N) is 2. The molecule has 80 valence electrons. The fraction of sp³-hybridized carbons (Fsp3) is 0.0833. The normalized spacial score (nSPS) is 10.1. The molecule has 0 N–H and O–H groups in total. The van der Waals surface area contributed by atoms with Gasteiger partial charge in [-0.25, -0.2) is 14.4 Å². The van der Waals surface area contributed by atoms with Gasteiger partial charge in [0, 0.05) is 29.1 Å². The maximum absolute atomic E-state index is 13.5. The largest absolute Gasteiger partial charge is 0.298 e. The SMILES string of the molecule is Cc1ncc(-c2cc(C=O)ccc2F)cn1. The molecule has 0 amide bonds. The van der Waals surface area contributed by atoms with Crippen LogP contribution in [0.15, 0.2) is 30.6 Å². The second-order valence-electron chi connectivity index (χ2n) is 3.38. The summed E-state index contributed by atoms with van der Waals surface area (Å²) in [6, 6.07) is 4.18. The quantitative estimate of drug-likeness (QED) is 0.724. The number of aldehydes is 1. The summed E-state index contributed by atoms with van der Waals surface area (Å²) >= 11 is 0. The molecule has 2 rings (SSSR count). The van der Waals surface area contributed by atoms with Gasteiger partial charge in [0.25, 0.3) is 0 Å². The second kappa shape index (κ2) is 4.18. The van der Waals surface area contributed by atoms with Crippen LogP contribution in [0.1, 0.15) is 16.2 Å². The summed E-state index contributed by atoms with van der Waals surface area (Å²) in [7, 11) is 0. The number of hydrogen-bond donors (Lipinski definition) is 0. The zero-order valence-corrected chi connectivity index (χ0v) is 8.64. The van der Waals surface area contributed by atoms with Crippen LogP contribution in [0.5, 0.6) is 0 Å². The van der Waals surface area contributed by atoms with Crippen LogP contribution in [0, 0.1) is 12.7 Å². The van der Waals surface area contributed by atoms with Crippen LogP contribution in [0.4, 0.5) is 4.39 Å². The molecule has 1 aromatic heterocycles. The van der Waals surface area contributed by atoms with Gasteiger partial charge in [0.15, 0.2) is 0 Å². The van der Waals surface area contributed by atoms with Crippen LogP contribution >= 0.6 is 0 Å². The van der Waals surface area contributed by atoms with E-state index in [1.54, 1.807) is 6.92 Å². The van der Waals surface area contributed by atoms with Crippen LogP contribution in [0.2, 0.25) is 0 Å². The Bertz CT molecular complexity index is 523. The van der Waals surface area contributed by atoms with Crippen molar-refractivity contribution >= 4 is 6.29 Å². The van der Waals surface area contributed by atoms with Crippen molar-refractivity contribution in [3.8, 4) is 11.1 Å². The number of aromatic nitrogens is 2. The van der Waals surface area contributed by atoms with E-state index in [0.29, 0.717) is 28.8 Å². The van der Waals surface area contributed by atoms with E-state index in [0.717, 1.165) is 0 Å². The summed E-state index contributed by atoms with van der Waals surface area (Å²) in [6.07, 6.45) is 3.75. The Morgan fingerprint density at radius 2 is 1.94 bits per heavy atom. The lowest BCUT2D eigenvalue weighted by atomic mass is 10.1. The van der Waals surface area contributed by atoms with Crippen LogP contribution in [-0.2, 0) is 0 Å². The van der Waals surface area contributed by atoms with E-state index in [1.165, 1.54) is 30.6 Å². The summed E-state index contributed by atoms with van der Waals surface area (Å²) in [6.45, 7) is 1.75. The van der Waals surface area contributed by atoms with Crippen molar-refractivity contribution in [2.45, 2.75) is 6.92 Å². The summed E-state index contributed by atoms with van der Waals surface area (Å²) in [5.74, 6) is 0.230. The van der Waals surface area contributed by atoms with Gasteiger partial charge in [-0.2, -0.15) is 0 Å². The fourth-order valence-electron chi connectivity index (χ4n) is 1.37. The number of rotatable bonds is 2. The summed E-state index contributed by atoms with van der Waals surface area (Å²) < 4.78 is 13.5. The molecule has 0 saturated heterocycles. The molecule has 1 heterocycles. The van der Waals surface area contributed by atoms with Gasteiger partial charge in [-0.05, 0) is 25.1 Å². The molecule has 16 heavy (non-hydrogen) atoms. The molecule has 0 atom stereocenters. The lowest BCUT2D eigenvalue weighted by Gasteiger charge is -2.03. The van der Waals surface area contributed by atoms with Gasteiger partial charge in [0.05, 0.1) is 0 Å². The summed E-state index contributed by atoms with van der Waals surface area (Å²) in [5.41, 5.74) is 1.33. The minimum Gasteiger partial charge on any atom is -0.298 e. The minimum atomic E-state index is -0.391. The predicted molar refractivity (Wildman–Crippen MR) is 57.6 cm³/mol. The minimum absolute atomic E-state index is 0.338. The zero-order valence-electron chi connectivity index (χ0n) is 8.64. The van der Waals surface area contributed by atoms with Crippen molar-refractivity contribution in [3.63, 3.8) is 0 Å². The number of aryl methyl sites for hydroxylation is 1. The Kier molecular flexibility index (Phi) is 2.72.